The second kappa shape index (κ2) is 9.41. The molecule has 2 N–H and O–H groups in total. The van der Waals surface area contributed by atoms with Crippen LogP contribution in [0, 0.1) is 0 Å². The Labute approximate surface area is 77.8 Å². The molecule has 4 nitrogen and oxygen atoms in total. The standard InChI is InChI=1S/C8H17FN2O2/c1-13-6-5-11-8(12)7-10-4-2-3-9/h10H,2-7H2,1H3,(H,11,12). The van der Waals surface area contributed by atoms with Crippen molar-refractivity contribution in [1.82, 2.24) is 10.6 Å². The van der Waals surface area contributed by atoms with Gasteiger partial charge in [-0.15, -0.1) is 0 Å². The molecule has 13 heavy (non-hydrogen) atoms. The predicted octanol–water partition coefficient (Wildman–Crippen LogP) is -0.302. The van der Waals surface area contributed by atoms with Gasteiger partial charge in [-0.05, 0) is 13.0 Å². The molecule has 0 aromatic carbocycles. The van der Waals surface area contributed by atoms with Gasteiger partial charge in [-0.25, -0.2) is 0 Å². The highest BCUT2D eigenvalue weighted by atomic mass is 19.1. The van der Waals surface area contributed by atoms with Gasteiger partial charge in [0, 0.05) is 13.7 Å². The van der Waals surface area contributed by atoms with Crippen molar-refractivity contribution in [2.45, 2.75) is 6.42 Å². The van der Waals surface area contributed by atoms with E-state index < -0.39 is 0 Å². The van der Waals surface area contributed by atoms with E-state index >= 15 is 0 Å². The average molecular weight is 192 g/mol. The maximum Gasteiger partial charge on any atom is 0.234 e. The molecular formula is C8H17FN2O2. The van der Waals surface area contributed by atoms with E-state index in [0.29, 0.717) is 26.1 Å². The van der Waals surface area contributed by atoms with E-state index in [9.17, 15) is 9.18 Å². The molecule has 0 aromatic heterocycles. The van der Waals surface area contributed by atoms with E-state index in [2.05, 4.69) is 10.6 Å². The minimum atomic E-state index is -0.349. The Hall–Kier alpha value is -0.680. The molecule has 0 aromatic rings. The van der Waals surface area contributed by atoms with Crippen molar-refractivity contribution in [3.05, 3.63) is 0 Å². The molecule has 0 saturated heterocycles. The smallest absolute Gasteiger partial charge is 0.234 e. The Morgan fingerprint density at radius 3 is 2.85 bits per heavy atom. The Bertz CT molecular complexity index is 133. The molecule has 1 amide bonds. The van der Waals surface area contributed by atoms with E-state index in [1.54, 1.807) is 7.11 Å². The summed E-state index contributed by atoms with van der Waals surface area (Å²) < 4.78 is 16.4. The highest BCUT2D eigenvalue weighted by Gasteiger charge is 1.97. The molecule has 78 valence electrons. The van der Waals surface area contributed by atoms with Crippen molar-refractivity contribution < 1.29 is 13.9 Å². The third kappa shape index (κ3) is 9.23. The lowest BCUT2D eigenvalue weighted by molar-refractivity contribution is -0.120. The molecule has 0 aliphatic heterocycles. The normalized spacial score (nSPS) is 10.0. The number of amides is 1. The van der Waals surface area contributed by atoms with Crippen molar-refractivity contribution in [3.63, 3.8) is 0 Å². The lowest BCUT2D eigenvalue weighted by Crippen LogP contribution is -2.35. The van der Waals surface area contributed by atoms with E-state index in [1.807, 2.05) is 0 Å². The summed E-state index contributed by atoms with van der Waals surface area (Å²) in [5, 5.41) is 5.46. The van der Waals surface area contributed by atoms with Crippen molar-refractivity contribution in [1.29, 1.82) is 0 Å². The zero-order chi connectivity index (χ0) is 9.94. The maximum atomic E-state index is 11.6. The number of nitrogens with one attached hydrogen (secondary N) is 2. The summed E-state index contributed by atoms with van der Waals surface area (Å²) in [5.41, 5.74) is 0. The van der Waals surface area contributed by atoms with Gasteiger partial charge in [0.25, 0.3) is 0 Å². The molecule has 0 rings (SSSR count). The van der Waals surface area contributed by atoms with Gasteiger partial charge in [0.15, 0.2) is 0 Å². The molecule has 0 aliphatic rings. The summed E-state index contributed by atoms with van der Waals surface area (Å²) in [6.45, 7) is 1.45. The van der Waals surface area contributed by atoms with E-state index in [-0.39, 0.29) is 19.1 Å². The van der Waals surface area contributed by atoms with Crippen LogP contribution in [0.5, 0.6) is 0 Å². The number of hydrogen-bond donors (Lipinski definition) is 2. The van der Waals surface area contributed by atoms with Crippen LogP contribution in [0.25, 0.3) is 0 Å². The molecule has 0 heterocycles. The van der Waals surface area contributed by atoms with Gasteiger partial charge >= 0.3 is 0 Å². The van der Waals surface area contributed by atoms with Crippen LogP contribution in [0.15, 0.2) is 0 Å². The number of alkyl halides is 1. The molecule has 0 bridgehead atoms. The van der Waals surface area contributed by atoms with Gasteiger partial charge in [-0.2, -0.15) is 0 Å². The van der Waals surface area contributed by atoms with Gasteiger partial charge in [-0.1, -0.05) is 0 Å². The van der Waals surface area contributed by atoms with Crippen LogP contribution in [0.2, 0.25) is 0 Å². The van der Waals surface area contributed by atoms with Crippen molar-refractivity contribution in [3.8, 4) is 0 Å². The minimum absolute atomic E-state index is 0.0871. The van der Waals surface area contributed by atoms with Crippen molar-refractivity contribution >= 4 is 5.91 Å². The van der Waals surface area contributed by atoms with Crippen molar-refractivity contribution in [2.24, 2.45) is 0 Å². The number of ether oxygens (including phenoxy) is 1. The van der Waals surface area contributed by atoms with Crippen LogP contribution >= 0.6 is 0 Å². The molecule has 0 fully saturated rings. The Balaban J connectivity index is 3.11. The van der Waals surface area contributed by atoms with Crippen LogP contribution in [0.1, 0.15) is 6.42 Å². The van der Waals surface area contributed by atoms with Gasteiger partial charge in [0.2, 0.25) is 5.91 Å². The Morgan fingerprint density at radius 1 is 1.46 bits per heavy atom. The summed E-state index contributed by atoms with van der Waals surface area (Å²) in [5.74, 6) is -0.0871. The summed E-state index contributed by atoms with van der Waals surface area (Å²) in [6, 6.07) is 0. The summed E-state index contributed by atoms with van der Waals surface area (Å²) in [7, 11) is 1.58. The Morgan fingerprint density at radius 2 is 2.23 bits per heavy atom. The van der Waals surface area contributed by atoms with Crippen LogP contribution in [0.4, 0.5) is 4.39 Å². The van der Waals surface area contributed by atoms with Crippen LogP contribution in [-0.2, 0) is 9.53 Å². The molecule has 0 unspecified atom stereocenters. The maximum absolute atomic E-state index is 11.6. The molecule has 0 atom stereocenters. The zero-order valence-corrected chi connectivity index (χ0v) is 7.94. The SMILES string of the molecule is COCCNC(=O)CNCCCF. The summed E-state index contributed by atoms with van der Waals surface area (Å²) >= 11 is 0. The first-order valence-corrected chi connectivity index (χ1v) is 4.33. The first-order chi connectivity index (χ1) is 6.31. The monoisotopic (exact) mass is 192 g/mol. The lowest BCUT2D eigenvalue weighted by atomic mass is 10.4. The summed E-state index contributed by atoms with van der Waals surface area (Å²) in [6.07, 6.45) is 0.450. The fraction of sp³-hybridized carbons (Fsp3) is 0.875. The number of carbonyl (C=O) groups is 1. The largest absolute Gasteiger partial charge is 0.383 e. The van der Waals surface area contributed by atoms with E-state index in [0.717, 1.165) is 0 Å². The van der Waals surface area contributed by atoms with E-state index in [4.69, 9.17) is 4.74 Å². The second-order valence-electron chi connectivity index (χ2n) is 2.56. The van der Waals surface area contributed by atoms with Crippen LogP contribution in [0.3, 0.4) is 0 Å². The van der Waals surface area contributed by atoms with Gasteiger partial charge < -0.3 is 15.4 Å². The predicted molar refractivity (Wildman–Crippen MR) is 48.3 cm³/mol. The quantitative estimate of drug-likeness (QED) is 0.519. The molecule has 0 spiro atoms. The molecule has 5 heteroatoms. The molecule has 0 radical (unpaired) electrons. The van der Waals surface area contributed by atoms with Crippen LogP contribution < -0.4 is 10.6 Å². The summed E-state index contributed by atoms with van der Waals surface area (Å²) in [4.78, 5) is 11.0. The molecule has 0 aliphatic carbocycles. The average Bonchev–Trinajstić information content (AvgIpc) is 2.13. The number of carbonyl (C=O) groups excluding carboxylic acids is 1. The van der Waals surface area contributed by atoms with Gasteiger partial charge in [0.1, 0.15) is 0 Å². The number of halogens is 1. The molecular weight excluding hydrogens is 175 g/mol. The fourth-order valence-electron chi connectivity index (χ4n) is 0.749. The third-order valence-electron chi connectivity index (χ3n) is 1.40. The topological polar surface area (TPSA) is 50.4 Å². The lowest BCUT2D eigenvalue weighted by Gasteiger charge is -2.04. The fourth-order valence-corrected chi connectivity index (χ4v) is 0.749. The Kier molecular flexibility index (Phi) is 8.92. The number of hydrogen-bond acceptors (Lipinski definition) is 3. The van der Waals surface area contributed by atoms with E-state index in [1.165, 1.54) is 0 Å². The van der Waals surface area contributed by atoms with Gasteiger partial charge in [0.05, 0.1) is 19.8 Å². The zero-order valence-electron chi connectivity index (χ0n) is 7.94. The van der Waals surface area contributed by atoms with Gasteiger partial charge in [-0.3, -0.25) is 9.18 Å². The molecule has 0 saturated carbocycles. The first-order valence-electron chi connectivity index (χ1n) is 4.33. The second-order valence-corrected chi connectivity index (χ2v) is 2.56. The minimum Gasteiger partial charge on any atom is -0.383 e. The number of rotatable bonds is 8. The van der Waals surface area contributed by atoms with Crippen LogP contribution in [-0.4, -0.2) is 45.9 Å². The third-order valence-corrected chi connectivity index (χ3v) is 1.40. The highest BCUT2D eigenvalue weighted by Crippen LogP contribution is 1.76. The highest BCUT2D eigenvalue weighted by molar-refractivity contribution is 5.77. The first kappa shape index (κ1) is 12.3. The van der Waals surface area contributed by atoms with Crippen molar-refractivity contribution in [2.75, 3.05) is 40.0 Å². The number of methoxy groups -OCH3 is 1.